The minimum absolute atomic E-state index is 0.00870. The fourth-order valence-electron chi connectivity index (χ4n) is 3.38. The summed E-state index contributed by atoms with van der Waals surface area (Å²) >= 11 is 0. The number of para-hydroxylation sites is 1. The molecular formula is C15H17NO3. The Morgan fingerprint density at radius 1 is 1.11 bits per heavy atom. The van der Waals surface area contributed by atoms with Crippen molar-refractivity contribution in [3.63, 3.8) is 0 Å². The Bertz CT molecular complexity index is 514. The van der Waals surface area contributed by atoms with E-state index in [1.54, 1.807) is 18.2 Å². The number of rotatable bonds is 3. The Morgan fingerprint density at radius 2 is 1.74 bits per heavy atom. The van der Waals surface area contributed by atoms with Crippen molar-refractivity contribution in [1.82, 2.24) is 0 Å². The zero-order chi connectivity index (χ0) is 13.4. The topological polar surface area (TPSA) is 66.4 Å². The van der Waals surface area contributed by atoms with E-state index in [9.17, 15) is 9.59 Å². The zero-order valence-corrected chi connectivity index (χ0v) is 10.6. The van der Waals surface area contributed by atoms with Crippen LogP contribution in [0.15, 0.2) is 24.3 Å². The van der Waals surface area contributed by atoms with Crippen molar-refractivity contribution in [1.29, 1.82) is 0 Å². The fraction of sp³-hybridized carbons (Fsp3) is 0.467. The number of nitrogens with one attached hydrogen (secondary N) is 1. The molecular weight excluding hydrogens is 242 g/mol. The number of benzene rings is 1. The number of carboxylic acid groups (broad SMARTS) is 1. The molecule has 0 aliphatic heterocycles. The Labute approximate surface area is 111 Å². The maximum Gasteiger partial charge on any atom is 0.337 e. The van der Waals surface area contributed by atoms with Gasteiger partial charge < -0.3 is 10.4 Å². The van der Waals surface area contributed by atoms with Crippen molar-refractivity contribution in [2.24, 2.45) is 17.8 Å². The van der Waals surface area contributed by atoms with Gasteiger partial charge in [-0.2, -0.15) is 0 Å². The lowest BCUT2D eigenvalue weighted by Gasteiger charge is -2.07. The highest BCUT2D eigenvalue weighted by Crippen LogP contribution is 2.55. The molecule has 0 aromatic heterocycles. The number of amides is 1. The van der Waals surface area contributed by atoms with E-state index in [0.29, 0.717) is 17.5 Å². The number of carbonyl (C=O) groups excluding carboxylic acids is 1. The summed E-state index contributed by atoms with van der Waals surface area (Å²) < 4.78 is 0. The molecule has 2 unspecified atom stereocenters. The summed E-state index contributed by atoms with van der Waals surface area (Å²) in [6.07, 6.45) is 4.72. The third-order valence-electron chi connectivity index (χ3n) is 4.37. The molecule has 1 amide bonds. The Hall–Kier alpha value is -1.84. The second-order valence-corrected chi connectivity index (χ2v) is 5.48. The molecule has 0 radical (unpaired) electrons. The van der Waals surface area contributed by atoms with Crippen molar-refractivity contribution < 1.29 is 14.7 Å². The molecule has 0 saturated heterocycles. The van der Waals surface area contributed by atoms with E-state index in [0.717, 1.165) is 12.8 Å². The number of carboxylic acids is 1. The lowest BCUT2D eigenvalue weighted by molar-refractivity contribution is -0.117. The summed E-state index contributed by atoms with van der Waals surface area (Å²) in [6.45, 7) is 0. The van der Waals surface area contributed by atoms with Gasteiger partial charge in [-0.25, -0.2) is 4.79 Å². The Morgan fingerprint density at radius 3 is 2.37 bits per heavy atom. The van der Waals surface area contributed by atoms with Crippen LogP contribution >= 0.6 is 0 Å². The predicted octanol–water partition coefficient (Wildman–Crippen LogP) is 2.76. The first-order chi connectivity index (χ1) is 9.18. The van der Waals surface area contributed by atoms with Gasteiger partial charge in [-0.05, 0) is 36.8 Å². The van der Waals surface area contributed by atoms with Gasteiger partial charge in [0.15, 0.2) is 0 Å². The summed E-state index contributed by atoms with van der Waals surface area (Å²) in [4.78, 5) is 23.3. The first-order valence-electron chi connectivity index (χ1n) is 6.81. The van der Waals surface area contributed by atoms with Crippen LogP contribution in [0.25, 0.3) is 0 Å². The predicted molar refractivity (Wildman–Crippen MR) is 71.0 cm³/mol. The average Bonchev–Trinajstić information content (AvgIpc) is 3.13. The van der Waals surface area contributed by atoms with Crippen molar-refractivity contribution in [3.8, 4) is 0 Å². The molecule has 3 rings (SSSR count). The molecule has 2 fully saturated rings. The van der Waals surface area contributed by atoms with Crippen LogP contribution in [0.5, 0.6) is 0 Å². The highest BCUT2D eigenvalue weighted by atomic mass is 16.4. The lowest BCUT2D eigenvalue weighted by Crippen LogP contribution is -2.17. The van der Waals surface area contributed by atoms with Gasteiger partial charge in [0.25, 0.3) is 0 Å². The van der Waals surface area contributed by atoms with E-state index in [2.05, 4.69) is 5.32 Å². The lowest BCUT2D eigenvalue weighted by atomic mass is 10.0. The van der Waals surface area contributed by atoms with Gasteiger partial charge in [0.2, 0.25) is 5.91 Å². The average molecular weight is 259 g/mol. The van der Waals surface area contributed by atoms with Crippen LogP contribution in [0.1, 0.15) is 36.0 Å². The number of carbonyl (C=O) groups is 2. The highest BCUT2D eigenvalue weighted by molar-refractivity contribution is 6.02. The summed E-state index contributed by atoms with van der Waals surface area (Å²) in [5, 5.41) is 11.9. The molecule has 19 heavy (non-hydrogen) atoms. The SMILES string of the molecule is O=C(O)c1ccccc1NC(=O)C1C2CCCCC21. The van der Waals surface area contributed by atoms with Gasteiger partial charge >= 0.3 is 5.97 Å². The summed E-state index contributed by atoms with van der Waals surface area (Å²) in [7, 11) is 0. The van der Waals surface area contributed by atoms with E-state index < -0.39 is 5.97 Å². The molecule has 2 N–H and O–H groups in total. The molecule has 0 heterocycles. The molecule has 0 bridgehead atoms. The number of anilines is 1. The second-order valence-electron chi connectivity index (χ2n) is 5.48. The van der Waals surface area contributed by atoms with Crippen LogP contribution < -0.4 is 5.32 Å². The number of hydrogen-bond donors (Lipinski definition) is 2. The Kier molecular flexibility index (Phi) is 3.01. The van der Waals surface area contributed by atoms with Crippen LogP contribution in [-0.4, -0.2) is 17.0 Å². The minimum Gasteiger partial charge on any atom is -0.478 e. The molecule has 4 heteroatoms. The number of aromatic carboxylic acids is 1. The molecule has 2 aliphatic carbocycles. The molecule has 1 aromatic rings. The number of fused-ring (bicyclic) bond motifs is 1. The maximum absolute atomic E-state index is 12.2. The zero-order valence-electron chi connectivity index (χ0n) is 10.6. The molecule has 2 aliphatic rings. The van der Waals surface area contributed by atoms with Crippen LogP contribution in [-0.2, 0) is 4.79 Å². The van der Waals surface area contributed by atoms with Crippen molar-refractivity contribution in [3.05, 3.63) is 29.8 Å². The van der Waals surface area contributed by atoms with Gasteiger partial charge in [-0.15, -0.1) is 0 Å². The molecule has 2 atom stereocenters. The summed E-state index contributed by atoms with van der Waals surface area (Å²) in [5.74, 6) is 0.149. The quantitative estimate of drug-likeness (QED) is 0.877. The highest BCUT2D eigenvalue weighted by Gasteiger charge is 2.54. The smallest absolute Gasteiger partial charge is 0.337 e. The van der Waals surface area contributed by atoms with Crippen molar-refractivity contribution >= 4 is 17.6 Å². The van der Waals surface area contributed by atoms with Gasteiger partial charge in [-0.3, -0.25) is 4.79 Å². The monoisotopic (exact) mass is 259 g/mol. The first kappa shape index (κ1) is 12.2. The van der Waals surface area contributed by atoms with E-state index in [-0.39, 0.29) is 17.4 Å². The third kappa shape index (κ3) is 2.23. The van der Waals surface area contributed by atoms with E-state index in [4.69, 9.17) is 5.11 Å². The van der Waals surface area contributed by atoms with Gasteiger partial charge in [-0.1, -0.05) is 25.0 Å². The van der Waals surface area contributed by atoms with Crippen LogP contribution in [0.4, 0.5) is 5.69 Å². The largest absolute Gasteiger partial charge is 0.478 e. The van der Waals surface area contributed by atoms with Crippen molar-refractivity contribution in [2.75, 3.05) is 5.32 Å². The van der Waals surface area contributed by atoms with Crippen LogP contribution in [0, 0.1) is 17.8 Å². The van der Waals surface area contributed by atoms with Crippen LogP contribution in [0.3, 0.4) is 0 Å². The second kappa shape index (κ2) is 4.68. The normalized spacial score (nSPS) is 28.3. The molecule has 4 nitrogen and oxygen atoms in total. The minimum atomic E-state index is -1.01. The van der Waals surface area contributed by atoms with E-state index >= 15 is 0 Å². The molecule has 100 valence electrons. The third-order valence-corrected chi connectivity index (χ3v) is 4.37. The maximum atomic E-state index is 12.2. The van der Waals surface area contributed by atoms with Gasteiger partial charge in [0.1, 0.15) is 0 Å². The molecule has 1 aromatic carbocycles. The fourth-order valence-corrected chi connectivity index (χ4v) is 3.38. The van der Waals surface area contributed by atoms with E-state index in [1.807, 2.05) is 0 Å². The standard InChI is InChI=1S/C15H17NO3/c17-14(13-9-5-1-2-6-10(9)13)16-12-8-4-3-7-11(12)15(18)19/h3-4,7-10,13H,1-2,5-6H2,(H,16,17)(H,18,19). The van der Waals surface area contributed by atoms with Gasteiger partial charge in [0, 0.05) is 5.92 Å². The summed E-state index contributed by atoms with van der Waals surface area (Å²) in [5.41, 5.74) is 0.558. The molecule has 2 saturated carbocycles. The number of hydrogen-bond acceptors (Lipinski definition) is 2. The van der Waals surface area contributed by atoms with Crippen LogP contribution in [0.2, 0.25) is 0 Å². The van der Waals surface area contributed by atoms with Gasteiger partial charge in [0.05, 0.1) is 11.3 Å². The first-order valence-corrected chi connectivity index (χ1v) is 6.81. The Balaban J connectivity index is 1.72. The molecule has 0 spiro atoms. The van der Waals surface area contributed by atoms with E-state index in [1.165, 1.54) is 18.9 Å². The summed E-state index contributed by atoms with van der Waals surface area (Å²) in [6, 6.07) is 6.56. The van der Waals surface area contributed by atoms with Crippen molar-refractivity contribution in [2.45, 2.75) is 25.7 Å².